The molecule has 7 rings (SSSR count). The van der Waals surface area contributed by atoms with Crippen molar-refractivity contribution in [3.63, 3.8) is 0 Å². The van der Waals surface area contributed by atoms with E-state index in [1.165, 1.54) is 10.2 Å². The van der Waals surface area contributed by atoms with Crippen LogP contribution in [-0.4, -0.2) is 61.6 Å². The number of fused-ring (bicyclic) bond motifs is 3. The van der Waals surface area contributed by atoms with Gasteiger partial charge in [-0.25, -0.2) is 4.68 Å². The standard InChI is InChI=1S/C36H38N4O8/c1-36(2,3)21-9-7-19(8-10-21)25-15-40(39-38-25)16-30(41)37-33-23-14-27-26(47-18-48-27)13-22(23)31(32-24(33)17-46-35(32)42)20-11-28(43-4)34(45-6)29(12-20)44-5/h7-15,24,31-33H,16-18H2,1-6H3,(H,37,41)/t24-,31+,32-,33+/m0/s1. The van der Waals surface area contributed by atoms with Crippen LogP contribution in [0.2, 0.25) is 0 Å². The second-order valence-electron chi connectivity index (χ2n) is 13.3. The van der Waals surface area contributed by atoms with Gasteiger partial charge in [-0.2, -0.15) is 0 Å². The van der Waals surface area contributed by atoms with Crippen molar-refractivity contribution < 1.29 is 38.0 Å². The molecule has 0 bridgehead atoms. The molecule has 1 saturated heterocycles. The third-order valence-electron chi connectivity index (χ3n) is 9.44. The Morgan fingerprint density at radius 3 is 2.23 bits per heavy atom. The van der Waals surface area contributed by atoms with Crippen LogP contribution >= 0.6 is 0 Å². The van der Waals surface area contributed by atoms with Crippen LogP contribution in [0.25, 0.3) is 11.3 Å². The number of hydrogen-bond acceptors (Lipinski definition) is 10. The van der Waals surface area contributed by atoms with Crippen LogP contribution in [0.15, 0.2) is 54.7 Å². The molecule has 250 valence electrons. The number of cyclic esters (lactones) is 1. The van der Waals surface area contributed by atoms with Gasteiger partial charge in [-0.15, -0.1) is 5.10 Å². The van der Waals surface area contributed by atoms with E-state index in [4.69, 9.17) is 28.4 Å². The smallest absolute Gasteiger partial charge is 0.310 e. The third kappa shape index (κ3) is 5.44. The molecule has 1 N–H and O–H groups in total. The van der Waals surface area contributed by atoms with Crippen molar-refractivity contribution >= 4 is 11.9 Å². The lowest BCUT2D eigenvalue weighted by Gasteiger charge is -2.39. The van der Waals surface area contributed by atoms with E-state index in [0.717, 1.165) is 22.3 Å². The van der Waals surface area contributed by atoms with Gasteiger partial charge in [-0.1, -0.05) is 50.3 Å². The highest BCUT2D eigenvalue weighted by Gasteiger charge is 2.53. The van der Waals surface area contributed by atoms with Crippen LogP contribution in [0.5, 0.6) is 28.7 Å². The van der Waals surface area contributed by atoms with Gasteiger partial charge in [0.25, 0.3) is 0 Å². The predicted molar refractivity (Wildman–Crippen MR) is 173 cm³/mol. The van der Waals surface area contributed by atoms with Gasteiger partial charge in [-0.3, -0.25) is 9.59 Å². The first-order valence-corrected chi connectivity index (χ1v) is 15.8. The summed E-state index contributed by atoms with van der Waals surface area (Å²) >= 11 is 0. The molecule has 1 amide bonds. The molecule has 4 atom stereocenters. The maximum atomic E-state index is 13.7. The fourth-order valence-electron chi connectivity index (χ4n) is 7.04. The van der Waals surface area contributed by atoms with E-state index in [-0.39, 0.29) is 43.2 Å². The molecule has 0 radical (unpaired) electrons. The zero-order chi connectivity index (χ0) is 33.7. The zero-order valence-electron chi connectivity index (χ0n) is 27.7. The number of ether oxygens (including phenoxy) is 6. The minimum absolute atomic E-state index is 0.0353. The van der Waals surface area contributed by atoms with Crippen LogP contribution in [0.3, 0.4) is 0 Å². The van der Waals surface area contributed by atoms with Crippen molar-refractivity contribution in [2.24, 2.45) is 11.8 Å². The van der Waals surface area contributed by atoms with Gasteiger partial charge < -0.3 is 33.7 Å². The van der Waals surface area contributed by atoms with Crippen molar-refractivity contribution in [1.82, 2.24) is 20.3 Å². The first-order chi connectivity index (χ1) is 23.1. The second-order valence-corrected chi connectivity index (χ2v) is 13.3. The number of carbonyl (C=O) groups excluding carboxylic acids is 2. The van der Waals surface area contributed by atoms with Crippen LogP contribution in [0.1, 0.15) is 55.0 Å². The minimum Gasteiger partial charge on any atom is -0.493 e. The van der Waals surface area contributed by atoms with E-state index in [1.54, 1.807) is 27.5 Å². The summed E-state index contributed by atoms with van der Waals surface area (Å²) in [6, 6.07) is 15.1. The summed E-state index contributed by atoms with van der Waals surface area (Å²) < 4.78 is 35.6. The van der Waals surface area contributed by atoms with Gasteiger partial charge in [-0.05, 0) is 51.9 Å². The van der Waals surface area contributed by atoms with E-state index in [0.29, 0.717) is 34.4 Å². The molecular weight excluding hydrogens is 616 g/mol. The van der Waals surface area contributed by atoms with Gasteiger partial charge >= 0.3 is 5.97 Å². The number of methoxy groups -OCH3 is 3. The molecule has 1 fully saturated rings. The average Bonchev–Trinajstić information content (AvgIpc) is 3.83. The highest BCUT2D eigenvalue weighted by molar-refractivity contribution is 5.81. The molecule has 0 unspecified atom stereocenters. The fraction of sp³-hybridized carbons (Fsp3) is 0.389. The Hall–Kier alpha value is -5.26. The zero-order valence-corrected chi connectivity index (χ0v) is 27.7. The van der Waals surface area contributed by atoms with Gasteiger partial charge in [0, 0.05) is 17.4 Å². The molecule has 0 spiro atoms. The van der Waals surface area contributed by atoms with Gasteiger partial charge in [0.15, 0.2) is 23.0 Å². The highest BCUT2D eigenvalue weighted by atomic mass is 16.7. The number of aromatic nitrogens is 3. The molecule has 3 aliphatic rings. The Kier molecular flexibility index (Phi) is 7.89. The molecule has 12 heteroatoms. The Bertz CT molecular complexity index is 1850. The molecule has 12 nitrogen and oxygen atoms in total. The number of rotatable bonds is 8. The summed E-state index contributed by atoms with van der Waals surface area (Å²) in [5, 5.41) is 11.7. The van der Waals surface area contributed by atoms with Gasteiger partial charge in [0.05, 0.1) is 46.1 Å². The fourth-order valence-corrected chi connectivity index (χ4v) is 7.04. The van der Waals surface area contributed by atoms with Crippen LogP contribution in [0.4, 0.5) is 0 Å². The number of nitrogens with zero attached hydrogens (tertiary/aromatic N) is 3. The maximum absolute atomic E-state index is 13.7. The normalized spacial score (nSPS) is 20.8. The third-order valence-corrected chi connectivity index (χ3v) is 9.44. The van der Waals surface area contributed by atoms with E-state index in [1.807, 2.05) is 36.4 Å². The highest BCUT2D eigenvalue weighted by Crippen LogP contribution is 2.55. The first-order valence-electron chi connectivity index (χ1n) is 15.8. The minimum atomic E-state index is -0.611. The number of carbonyl (C=O) groups is 2. The van der Waals surface area contributed by atoms with Crippen LogP contribution in [0, 0.1) is 11.8 Å². The number of hydrogen-bond donors (Lipinski definition) is 1. The van der Waals surface area contributed by atoms with E-state index in [9.17, 15) is 9.59 Å². The predicted octanol–water partition coefficient (Wildman–Crippen LogP) is 4.79. The Labute approximate surface area is 278 Å². The summed E-state index contributed by atoms with van der Waals surface area (Å²) in [6.45, 7) is 6.65. The van der Waals surface area contributed by atoms with Crippen molar-refractivity contribution in [2.75, 3.05) is 34.7 Å². The Morgan fingerprint density at radius 1 is 0.938 bits per heavy atom. The van der Waals surface area contributed by atoms with E-state index in [2.05, 4.69) is 48.5 Å². The van der Waals surface area contributed by atoms with E-state index >= 15 is 0 Å². The van der Waals surface area contributed by atoms with E-state index < -0.39 is 17.9 Å². The molecule has 3 heterocycles. The molecule has 0 saturated carbocycles. The lowest BCUT2D eigenvalue weighted by Crippen LogP contribution is -2.43. The topological polar surface area (TPSA) is 132 Å². The Morgan fingerprint density at radius 2 is 1.60 bits per heavy atom. The monoisotopic (exact) mass is 654 g/mol. The summed E-state index contributed by atoms with van der Waals surface area (Å²) in [5.74, 6) is 0.427. The lowest BCUT2D eigenvalue weighted by molar-refractivity contribution is -0.141. The SMILES string of the molecule is COc1cc([C@@H]2c3cc4c(cc3[C@@H](NC(=O)Cn3cc(-c5ccc(C(C)(C)C)cc5)nn3)[C@H]3COC(=O)[C@H]23)OCO4)cc(OC)c1OC. The number of nitrogens with one attached hydrogen (secondary N) is 1. The second kappa shape index (κ2) is 12.1. The average molecular weight is 655 g/mol. The molecule has 3 aromatic carbocycles. The van der Waals surface area contributed by atoms with Crippen LogP contribution < -0.4 is 29.0 Å². The summed E-state index contributed by atoms with van der Waals surface area (Å²) in [5.41, 5.74) is 5.22. The largest absolute Gasteiger partial charge is 0.493 e. The van der Waals surface area contributed by atoms with Crippen molar-refractivity contribution in [2.45, 2.75) is 44.7 Å². The summed E-state index contributed by atoms with van der Waals surface area (Å²) in [4.78, 5) is 27.2. The Balaban J connectivity index is 1.21. The lowest BCUT2D eigenvalue weighted by atomic mass is 9.65. The van der Waals surface area contributed by atoms with Crippen molar-refractivity contribution in [3.05, 3.63) is 77.0 Å². The quantitative estimate of drug-likeness (QED) is 0.265. The molecule has 2 aliphatic heterocycles. The summed E-state index contributed by atoms with van der Waals surface area (Å²) in [6.07, 6.45) is 1.75. The number of esters is 1. The van der Waals surface area contributed by atoms with Gasteiger partial charge in [0.1, 0.15) is 12.2 Å². The van der Waals surface area contributed by atoms with Crippen molar-refractivity contribution in [3.8, 4) is 40.0 Å². The number of benzene rings is 3. The van der Waals surface area contributed by atoms with Crippen LogP contribution in [-0.2, 0) is 26.3 Å². The number of amides is 1. The van der Waals surface area contributed by atoms with Crippen molar-refractivity contribution in [1.29, 1.82) is 0 Å². The maximum Gasteiger partial charge on any atom is 0.310 e. The van der Waals surface area contributed by atoms with Gasteiger partial charge in [0.2, 0.25) is 18.4 Å². The molecule has 4 aromatic rings. The molecule has 1 aromatic heterocycles. The molecule has 48 heavy (non-hydrogen) atoms. The molecule has 1 aliphatic carbocycles. The molecular formula is C36H38N4O8. The summed E-state index contributed by atoms with van der Waals surface area (Å²) in [7, 11) is 4.64. The first kappa shape index (κ1) is 31.3.